The first-order chi connectivity index (χ1) is 9.13. The van der Waals surface area contributed by atoms with E-state index in [4.69, 9.17) is 5.73 Å². The van der Waals surface area contributed by atoms with Gasteiger partial charge in [-0.25, -0.2) is 0 Å². The molecule has 1 aliphatic rings. The number of nitrogens with one attached hydrogen (secondary N) is 1. The van der Waals surface area contributed by atoms with Crippen LogP contribution in [-0.4, -0.2) is 36.9 Å². The van der Waals surface area contributed by atoms with Crippen molar-refractivity contribution in [1.82, 2.24) is 10.2 Å². The maximum atomic E-state index is 12.1. The van der Waals surface area contributed by atoms with E-state index in [0.29, 0.717) is 5.56 Å². The van der Waals surface area contributed by atoms with E-state index in [1.165, 1.54) is 0 Å². The summed E-state index contributed by atoms with van der Waals surface area (Å²) in [7, 11) is 1.64. The SMILES string of the molecule is CNC(=O)C(c1ccc(C(N)=O)cc1)N1CCCC1. The minimum absolute atomic E-state index is 0.0197. The molecule has 2 rings (SSSR count). The fourth-order valence-electron chi connectivity index (χ4n) is 2.49. The number of nitrogens with zero attached hydrogens (tertiary/aromatic N) is 1. The summed E-state index contributed by atoms with van der Waals surface area (Å²) in [5, 5.41) is 2.71. The molecule has 1 atom stereocenters. The van der Waals surface area contributed by atoms with E-state index in [-0.39, 0.29) is 11.9 Å². The van der Waals surface area contributed by atoms with Gasteiger partial charge in [0.25, 0.3) is 0 Å². The lowest BCUT2D eigenvalue weighted by Crippen LogP contribution is -2.37. The van der Waals surface area contributed by atoms with E-state index in [9.17, 15) is 9.59 Å². The Labute approximate surface area is 112 Å². The van der Waals surface area contributed by atoms with Crippen molar-refractivity contribution >= 4 is 11.8 Å². The van der Waals surface area contributed by atoms with Crippen LogP contribution in [0.15, 0.2) is 24.3 Å². The van der Waals surface area contributed by atoms with Gasteiger partial charge in [0.2, 0.25) is 11.8 Å². The number of primary amides is 1. The summed E-state index contributed by atoms with van der Waals surface area (Å²) in [5.74, 6) is -0.474. The molecule has 1 aliphatic heterocycles. The molecular formula is C14H19N3O2. The molecule has 0 aliphatic carbocycles. The summed E-state index contributed by atoms with van der Waals surface area (Å²) in [6.45, 7) is 1.85. The van der Waals surface area contributed by atoms with Crippen molar-refractivity contribution in [3.05, 3.63) is 35.4 Å². The molecule has 2 amide bonds. The normalized spacial score (nSPS) is 17.1. The molecule has 0 aromatic heterocycles. The van der Waals surface area contributed by atoms with Crippen LogP contribution in [0.5, 0.6) is 0 Å². The third-order valence-corrected chi connectivity index (χ3v) is 3.51. The minimum Gasteiger partial charge on any atom is -0.366 e. The zero-order chi connectivity index (χ0) is 13.8. The first kappa shape index (κ1) is 13.5. The number of rotatable bonds is 4. The highest BCUT2D eigenvalue weighted by atomic mass is 16.2. The summed E-state index contributed by atoms with van der Waals surface area (Å²) >= 11 is 0. The largest absolute Gasteiger partial charge is 0.366 e. The molecule has 1 heterocycles. The number of likely N-dealkylation sites (tertiary alicyclic amines) is 1. The number of benzene rings is 1. The van der Waals surface area contributed by atoms with Gasteiger partial charge in [-0.3, -0.25) is 14.5 Å². The Balaban J connectivity index is 2.26. The molecule has 1 aromatic rings. The predicted octanol–water partition coefficient (Wildman–Crippen LogP) is 0.668. The molecule has 1 aromatic carbocycles. The second kappa shape index (κ2) is 5.84. The molecule has 0 radical (unpaired) electrons. The molecule has 3 N–H and O–H groups in total. The molecule has 0 spiro atoms. The molecule has 5 heteroatoms. The van der Waals surface area contributed by atoms with Gasteiger partial charge in [-0.2, -0.15) is 0 Å². The van der Waals surface area contributed by atoms with Crippen LogP contribution in [-0.2, 0) is 4.79 Å². The number of hydrogen-bond donors (Lipinski definition) is 2. The number of amides is 2. The van der Waals surface area contributed by atoms with Crippen molar-refractivity contribution in [3.8, 4) is 0 Å². The molecule has 1 saturated heterocycles. The van der Waals surface area contributed by atoms with Crippen LogP contribution in [0, 0.1) is 0 Å². The van der Waals surface area contributed by atoms with Gasteiger partial charge in [0, 0.05) is 12.6 Å². The van der Waals surface area contributed by atoms with Gasteiger partial charge in [-0.1, -0.05) is 12.1 Å². The molecule has 0 bridgehead atoms. The fraction of sp³-hybridized carbons (Fsp3) is 0.429. The Morgan fingerprint density at radius 1 is 1.21 bits per heavy atom. The Kier molecular flexibility index (Phi) is 4.16. The predicted molar refractivity (Wildman–Crippen MR) is 72.6 cm³/mol. The quantitative estimate of drug-likeness (QED) is 0.836. The fourth-order valence-corrected chi connectivity index (χ4v) is 2.49. The summed E-state index contributed by atoms with van der Waals surface area (Å²) < 4.78 is 0. The Morgan fingerprint density at radius 3 is 2.26 bits per heavy atom. The lowest BCUT2D eigenvalue weighted by Gasteiger charge is -2.26. The average Bonchev–Trinajstić information content (AvgIpc) is 2.93. The zero-order valence-electron chi connectivity index (χ0n) is 11.1. The number of nitrogens with two attached hydrogens (primary N) is 1. The molecule has 19 heavy (non-hydrogen) atoms. The number of carbonyl (C=O) groups excluding carboxylic acids is 2. The monoisotopic (exact) mass is 261 g/mol. The topological polar surface area (TPSA) is 75.4 Å². The summed E-state index contributed by atoms with van der Waals surface area (Å²) in [5.41, 5.74) is 6.57. The third-order valence-electron chi connectivity index (χ3n) is 3.51. The molecule has 102 valence electrons. The van der Waals surface area contributed by atoms with E-state index in [0.717, 1.165) is 31.5 Å². The highest BCUT2D eigenvalue weighted by molar-refractivity contribution is 5.93. The lowest BCUT2D eigenvalue weighted by atomic mass is 10.0. The number of hydrogen-bond acceptors (Lipinski definition) is 3. The van der Waals surface area contributed by atoms with Gasteiger partial charge in [0.05, 0.1) is 0 Å². The molecule has 1 fully saturated rings. The minimum atomic E-state index is -0.454. The van der Waals surface area contributed by atoms with Crippen LogP contribution in [0.3, 0.4) is 0 Å². The number of likely N-dealkylation sites (N-methyl/N-ethyl adjacent to an activating group) is 1. The van der Waals surface area contributed by atoms with Crippen LogP contribution in [0.4, 0.5) is 0 Å². The van der Waals surface area contributed by atoms with Crippen LogP contribution in [0.2, 0.25) is 0 Å². The van der Waals surface area contributed by atoms with Crippen molar-refractivity contribution in [1.29, 1.82) is 0 Å². The Bertz CT molecular complexity index is 464. The molecule has 1 unspecified atom stereocenters. The van der Waals surface area contributed by atoms with Crippen molar-refractivity contribution in [2.24, 2.45) is 5.73 Å². The van der Waals surface area contributed by atoms with Crippen molar-refractivity contribution in [2.45, 2.75) is 18.9 Å². The Hall–Kier alpha value is -1.88. The lowest BCUT2D eigenvalue weighted by molar-refractivity contribution is -0.125. The van der Waals surface area contributed by atoms with Gasteiger partial charge in [0.1, 0.15) is 6.04 Å². The molecule has 5 nitrogen and oxygen atoms in total. The zero-order valence-corrected chi connectivity index (χ0v) is 11.1. The van der Waals surface area contributed by atoms with Gasteiger partial charge in [-0.15, -0.1) is 0 Å². The van der Waals surface area contributed by atoms with Crippen molar-refractivity contribution < 1.29 is 9.59 Å². The maximum Gasteiger partial charge on any atom is 0.248 e. The van der Waals surface area contributed by atoms with E-state index in [1.54, 1.807) is 31.3 Å². The second-order valence-electron chi connectivity index (χ2n) is 4.75. The van der Waals surface area contributed by atoms with Crippen LogP contribution in [0.25, 0.3) is 0 Å². The summed E-state index contributed by atoms with van der Waals surface area (Å²) in [6, 6.07) is 6.67. The van der Waals surface area contributed by atoms with Gasteiger partial charge in [0.15, 0.2) is 0 Å². The molecular weight excluding hydrogens is 242 g/mol. The first-order valence-corrected chi connectivity index (χ1v) is 6.49. The van der Waals surface area contributed by atoms with Gasteiger partial charge in [-0.05, 0) is 43.6 Å². The van der Waals surface area contributed by atoms with E-state index < -0.39 is 5.91 Å². The Morgan fingerprint density at radius 2 is 1.79 bits per heavy atom. The van der Waals surface area contributed by atoms with Crippen LogP contribution < -0.4 is 11.1 Å². The van der Waals surface area contributed by atoms with Crippen LogP contribution >= 0.6 is 0 Å². The average molecular weight is 261 g/mol. The number of carbonyl (C=O) groups is 2. The third kappa shape index (κ3) is 2.93. The second-order valence-corrected chi connectivity index (χ2v) is 4.75. The van der Waals surface area contributed by atoms with E-state index in [2.05, 4.69) is 10.2 Å². The highest BCUT2D eigenvalue weighted by Gasteiger charge is 2.28. The summed E-state index contributed by atoms with van der Waals surface area (Å²) in [4.78, 5) is 25.3. The maximum absolute atomic E-state index is 12.1. The highest BCUT2D eigenvalue weighted by Crippen LogP contribution is 2.25. The smallest absolute Gasteiger partial charge is 0.248 e. The van der Waals surface area contributed by atoms with Gasteiger partial charge < -0.3 is 11.1 Å². The standard InChI is InChI=1S/C14H19N3O2/c1-16-14(19)12(17-8-2-3-9-17)10-4-6-11(7-5-10)13(15)18/h4-7,12H,2-3,8-9H2,1H3,(H2,15,18)(H,16,19). The first-order valence-electron chi connectivity index (χ1n) is 6.49. The van der Waals surface area contributed by atoms with Gasteiger partial charge >= 0.3 is 0 Å². The van der Waals surface area contributed by atoms with E-state index in [1.807, 2.05) is 0 Å². The van der Waals surface area contributed by atoms with Crippen molar-refractivity contribution in [2.75, 3.05) is 20.1 Å². The molecule has 0 saturated carbocycles. The van der Waals surface area contributed by atoms with Crippen LogP contribution in [0.1, 0.15) is 34.8 Å². The van der Waals surface area contributed by atoms with Crippen molar-refractivity contribution in [3.63, 3.8) is 0 Å². The summed E-state index contributed by atoms with van der Waals surface area (Å²) in [6.07, 6.45) is 2.24. The van der Waals surface area contributed by atoms with E-state index >= 15 is 0 Å².